The van der Waals surface area contributed by atoms with Crippen LogP contribution in [0.15, 0.2) is 71.9 Å². The van der Waals surface area contributed by atoms with Gasteiger partial charge in [-0.1, -0.05) is 12.1 Å². The van der Waals surface area contributed by atoms with Gasteiger partial charge in [0.05, 0.1) is 24.0 Å². The van der Waals surface area contributed by atoms with Gasteiger partial charge in [-0.3, -0.25) is 14.5 Å². The van der Waals surface area contributed by atoms with E-state index in [1.54, 1.807) is 54.7 Å². The van der Waals surface area contributed by atoms with E-state index < -0.39 is 10.0 Å². The molecule has 4 rings (SSSR count). The molecule has 0 atom stereocenters. The number of amides is 1. The average molecular weight is 467 g/mol. The molecule has 0 saturated carbocycles. The molecule has 2 aromatic carbocycles. The molecule has 1 aromatic heterocycles. The lowest BCUT2D eigenvalue weighted by Crippen LogP contribution is -2.31. The predicted molar refractivity (Wildman–Crippen MR) is 128 cm³/mol. The number of nitrogens with one attached hydrogen (secondary N) is 2. The third-order valence-electron chi connectivity index (χ3n) is 5.48. The number of para-hydroxylation sites is 2. The van der Waals surface area contributed by atoms with Gasteiger partial charge in [0, 0.05) is 31.2 Å². The maximum Gasteiger partial charge on any atom is 0.264 e. The van der Waals surface area contributed by atoms with Gasteiger partial charge in [0.15, 0.2) is 0 Å². The Hall–Kier alpha value is -3.59. The number of ether oxygens (including phenoxy) is 1. The number of methoxy groups -OCH3 is 1. The number of piperidine rings is 1. The molecular weight excluding hydrogens is 440 g/mol. The van der Waals surface area contributed by atoms with E-state index in [9.17, 15) is 13.2 Å². The summed E-state index contributed by atoms with van der Waals surface area (Å²) in [5, 5.41) is 2.77. The highest BCUT2D eigenvalue weighted by Crippen LogP contribution is 2.33. The molecule has 3 aromatic rings. The van der Waals surface area contributed by atoms with E-state index in [1.165, 1.54) is 19.4 Å². The maximum atomic E-state index is 13.5. The molecule has 33 heavy (non-hydrogen) atoms. The summed E-state index contributed by atoms with van der Waals surface area (Å²) in [6.45, 7) is 1.55. The van der Waals surface area contributed by atoms with E-state index in [0.717, 1.165) is 32.4 Å². The van der Waals surface area contributed by atoms with Crippen LogP contribution in [0.1, 0.15) is 29.6 Å². The lowest BCUT2D eigenvalue weighted by atomic mass is 10.1. The van der Waals surface area contributed by atoms with Crippen LogP contribution in [-0.4, -0.2) is 39.5 Å². The maximum absolute atomic E-state index is 13.5. The fourth-order valence-electron chi connectivity index (χ4n) is 3.83. The molecule has 0 unspecified atom stereocenters. The van der Waals surface area contributed by atoms with Gasteiger partial charge >= 0.3 is 0 Å². The number of pyridine rings is 1. The van der Waals surface area contributed by atoms with Crippen LogP contribution in [0.5, 0.6) is 5.75 Å². The molecule has 1 amide bonds. The highest BCUT2D eigenvalue weighted by Gasteiger charge is 2.25. The van der Waals surface area contributed by atoms with E-state index >= 15 is 0 Å². The molecule has 172 valence electrons. The number of benzene rings is 2. The van der Waals surface area contributed by atoms with Crippen molar-refractivity contribution < 1.29 is 17.9 Å². The van der Waals surface area contributed by atoms with Crippen molar-refractivity contribution in [2.75, 3.05) is 35.1 Å². The smallest absolute Gasteiger partial charge is 0.264 e. The Morgan fingerprint density at radius 2 is 1.82 bits per heavy atom. The number of aromatic nitrogens is 1. The highest BCUT2D eigenvalue weighted by molar-refractivity contribution is 7.93. The second kappa shape index (κ2) is 9.91. The molecule has 2 N–H and O–H groups in total. The van der Waals surface area contributed by atoms with Gasteiger partial charge < -0.3 is 15.0 Å². The van der Waals surface area contributed by atoms with Gasteiger partial charge in [0.25, 0.3) is 15.9 Å². The van der Waals surface area contributed by atoms with Crippen LogP contribution in [0.3, 0.4) is 0 Å². The molecule has 0 spiro atoms. The summed E-state index contributed by atoms with van der Waals surface area (Å²) in [6.07, 6.45) is 6.16. The number of sulfonamides is 1. The molecule has 1 saturated heterocycles. The van der Waals surface area contributed by atoms with Crippen molar-refractivity contribution in [3.63, 3.8) is 0 Å². The summed E-state index contributed by atoms with van der Waals surface area (Å²) in [5.41, 5.74) is 1.71. The molecule has 1 aliphatic heterocycles. The van der Waals surface area contributed by atoms with Crippen molar-refractivity contribution in [1.82, 2.24) is 4.98 Å². The Balaban J connectivity index is 1.71. The Bertz CT molecular complexity index is 1230. The molecule has 1 fully saturated rings. The lowest BCUT2D eigenvalue weighted by molar-refractivity contribution is 0.102. The molecule has 1 aliphatic rings. The topological polar surface area (TPSA) is 101 Å². The zero-order valence-electron chi connectivity index (χ0n) is 18.3. The minimum absolute atomic E-state index is 0.0966. The number of carbonyl (C=O) groups excluding carboxylic acids is 1. The first-order chi connectivity index (χ1) is 16.0. The van der Waals surface area contributed by atoms with Crippen molar-refractivity contribution in [1.29, 1.82) is 0 Å². The summed E-state index contributed by atoms with van der Waals surface area (Å²) in [6, 6.07) is 15.1. The quantitative estimate of drug-likeness (QED) is 0.543. The standard InChI is InChI=1S/C24H26N4O4S/c1-32-22-10-4-3-9-20(22)27-33(30,31)23-16-19(26-24(29)18-8-7-13-25-17-18)11-12-21(23)28-14-5-2-6-15-28/h3-4,7-13,16-17,27H,2,5-6,14-15H2,1H3,(H,26,29). The number of rotatable bonds is 7. The van der Waals surface area contributed by atoms with E-state index in [1.807, 2.05) is 0 Å². The fraction of sp³-hybridized carbons (Fsp3) is 0.250. The summed E-state index contributed by atoms with van der Waals surface area (Å²) in [5.74, 6) is 0.0523. The van der Waals surface area contributed by atoms with Gasteiger partial charge in [0.1, 0.15) is 10.6 Å². The van der Waals surface area contributed by atoms with Gasteiger partial charge in [-0.2, -0.15) is 0 Å². The van der Waals surface area contributed by atoms with Crippen molar-refractivity contribution in [2.45, 2.75) is 24.2 Å². The lowest BCUT2D eigenvalue weighted by Gasteiger charge is -2.30. The summed E-state index contributed by atoms with van der Waals surface area (Å²) in [7, 11) is -2.50. The van der Waals surface area contributed by atoms with Crippen LogP contribution >= 0.6 is 0 Å². The Kier molecular flexibility index (Phi) is 6.79. The molecule has 2 heterocycles. The van der Waals surface area contributed by atoms with Gasteiger partial charge in [0.2, 0.25) is 0 Å². The average Bonchev–Trinajstić information content (AvgIpc) is 2.85. The van der Waals surface area contributed by atoms with Crippen molar-refractivity contribution >= 4 is 33.0 Å². The Morgan fingerprint density at radius 3 is 2.55 bits per heavy atom. The summed E-state index contributed by atoms with van der Waals surface area (Å²) >= 11 is 0. The first kappa shape index (κ1) is 22.6. The highest BCUT2D eigenvalue weighted by atomic mass is 32.2. The second-order valence-corrected chi connectivity index (χ2v) is 9.38. The minimum atomic E-state index is -3.98. The third kappa shape index (κ3) is 5.25. The monoisotopic (exact) mass is 466 g/mol. The number of carbonyl (C=O) groups is 1. The fourth-order valence-corrected chi connectivity index (χ4v) is 5.15. The Morgan fingerprint density at radius 1 is 1.03 bits per heavy atom. The third-order valence-corrected chi connectivity index (χ3v) is 6.87. The van der Waals surface area contributed by atoms with Gasteiger partial charge in [-0.25, -0.2) is 8.42 Å². The van der Waals surface area contributed by atoms with E-state index in [0.29, 0.717) is 28.4 Å². The normalized spacial score (nSPS) is 13.9. The van der Waals surface area contributed by atoms with Crippen LogP contribution in [0.25, 0.3) is 0 Å². The van der Waals surface area contributed by atoms with Crippen molar-refractivity contribution in [3.05, 3.63) is 72.6 Å². The molecule has 9 heteroatoms. The van der Waals surface area contributed by atoms with Crippen molar-refractivity contribution in [2.24, 2.45) is 0 Å². The van der Waals surface area contributed by atoms with Crippen LogP contribution in [0, 0.1) is 0 Å². The van der Waals surface area contributed by atoms with Crippen LogP contribution in [0.4, 0.5) is 17.1 Å². The van der Waals surface area contributed by atoms with E-state index in [4.69, 9.17) is 4.74 Å². The van der Waals surface area contributed by atoms with Gasteiger partial charge in [-0.05, 0) is 61.7 Å². The molecule has 0 radical (unpaired) electrons. The summed E-state index contributed by atoms with van der Waals surface area (Å²) in [4.78, 5) is 18.7. The van der Waals surface area contributed by atoms with Crippen molar-refractivity contribution in [3.8, 4) is 5.75 Å². The minimum Gasteiger partial charge on any atom is -0.495 e. The zero-order valence-corrected chi connectivity index (χ0v) is 19.1. The molecule has 8 nitrogen and oxygen atoms in total. The number of hydrogen-bond acceptors (Lipinski definition) is 6. The zero-order chi connectivity index (χ0) is 23.3. The van der Waals surface area contributed by atoms with E-state index in [2.05, 4.69) is 19.9 Å². The molecular formula is C24H26N4O4S. The second-order valence-electron chi connectivity index (χ2n) is 7.73. The molecule has 0 bridgehead atoms. The Labute approximate surface area is 193 Å². The molecule has 0 aliphatic carbocycles. The summed E-state index contributed by atoms with van der Waals surface area (Å²) < 4.78 is 35.0. The van der Waals surface area contributed by atoms with Crippen LogP contribution in [-0.2, 0) is 10.0 Å². The predicted octanol–water partition coefficient (Wildman–Crippen LogP) is 4.13. The number of hydrogen-bond donors (Lipinski definition) is 2. The van der Waals surface area contributed by atoms with Crippen LogP contribution < -0.4 is 19.7 Å². The van der Waals surface area contributed by atoms with Crippen LogP contribution in [0.2, 0.25) is 0 Å². The first-order valence-corrected chi connectivity index (χ1v) is 12.2. The number of nitrogens with zero attached hydrogens (tertiary/aromatic N) is 2. The number of anilines is 3. The first-order valence-electron chi connectivity index (χ1n) is 10.7. The van der Waals surface area contributed by atoms with Gasteiger partial charge in [-0.15, -0.1) is 0 Å². The SMILES string of the molecule is COc1ccccc1NS(=O)(=O)c1cc(NC(=O)c2cccnc2)ccc1N1CCCCC1. The van der Waals surface area contributed by atoms with E-state index in [-0.39, 0.29) is 10.8 Å². The largest absolute Gasteiger partial charge is 0.495 e.